The zero-order valence-electron chi connectivity index (χ0n) is 32.4. The summed E-state index contributed by atoms with van der Waals surface area (Å²) in [6.07, 6.45) is 23.4. The number of carbonyl (C=O) groups excluding carboxylic acids is 2. The van der Waals surface area contributed by atoms with Crippen LogP contribution in [0.3, 0.4) is 0 Å². The molecule has 6 unspecified atom stereocenters. The van der Waals surface area contributed by atoms with E-state index in [2.05, 4.69) is 50.3 Å². The van der Waals surface area contributed by atoms with E-state index in [0.29, 0.717) is 12.8 Å². The first-order valence-electron chi connectivity index (χ1n) is 20.0. The van der Waals surface area contributed by atoms with E-state index in [4.69, 9.17) is 18.9 Å². The number of aliphatic hydroxyl groups excluding tert-OH is 3. The quantitative estimate of drug-likeness (QED) is 0.0237. The van der Waals surface area contributed by atoms with Crippen LogP contribution in [0, 0.1) is 0 Å². The first-order valence-corrected chi connectivity index (χ1v) is 21.7. The lowest BCUT2D eigenvalue weighted by Gasteiger charge is -2.40. The van der Waals surface area contributed by atoms with Gasteiger partial charge in [0, 0.05) is 12.8 Å². The Labute approximate surface area is 319 Å². The van der Waals surface area contributed by atoms with E-state index >= 15 is 0 Å². The summed E-state index contributed by atoms with van der Waals surface area (Å²) in [6, 6.07) is 0. The number of unbranched alkanes of at least 4 members (excludes halogenated alkanes) is 14. The number of esters is 2. The van der Waals surface area contributed by atoms with Gasteiger partial charge in [-0.15, -0.1) is 0 Å². The largest absolute Gasteiger partial charge is 0.462 e. The molecule has 1 rings (SSSR count). The summed E-state index contributed by atoms with van der Waals surface area (Å²) in [5.41, 5.74) is 0. The Bertz CT molecular complexity index is 1140. The standard InChI is InChI=1S/C40H70O12S/c1-3-5-7-9-11-13-15-16-17-19-21-23-25-27-29-36(42)51-33(30-49-35(41)28-26-24-22-20-18-14-12-10-8-6-4-2)31-50-40-39(45)38(44)37(43)34(52-40)32-53(46,47)48/h9-12,15-16,33-34,37-40,43-45H,3-8,13-14,17-32H2,1-2H3,(H,46,47,48)/b11-9-,12-10-,16-15-. The molecule has 0 aromatic rings. The van der Waals surface area contributed by atoms with Crippen LogP contribution >= 0.6 is 0 Å². The van der Waals surface area contributed by atoms with Gasteiger partial charge in [-0.05, 0) is 57.8 Å². The molecule has 1 heterocycles. The predicted octanol–water partition coefficient (Wildman–Crippen LogP) is 7.05. The number of aliphatic hydroxyl groups is 3. The van der Waals surface area contributed by atoms with Gasteiger partial charge in [-0.2, -0.15) is 8.42 Å². The molecule has 308 valence electrons. The highest BCUT2D eigenvalue weighted by Crippen LogP contribution is 2.24. The molecule has 0 aliphatic carbocycles. The number of allylic oxidation sites excluding steroid dienone is 6. The van der Waals surface area contributed by atoms with Crippen LogP contribution in [0.4, 0.5) is 0 Å². The third-order valence-electron chi connectivity index (χ3n) is 8.94. The zero-order chi connectivity index (χ0) is 39.2. The molecular formula is C40H70O12S. The average molecular weight is 775 g/mol. The Balaban J connectivity index is 2.53. The number of ether oxygens (including phenoxy) is 4. The van der Waals surface area contributed by atoms with Gasteiger partial charge >= 0.3 is 11.9 Å². The molecule has 1 saturated heterocycles. The fourth-order valence-electron chi connectivity index (χ4n) is 5.73. The van der Waals surface area contributed by atoms with Gasteiger partial charge in [0.25, 0.3) is 10.1 Å². The number of hydrogen-bond acceptors (Lipinski definition) is 11. The Hall–Kier alpha value is -2.13. The van der Waals surface area contributed by atoms with E-state index < -0.39 is 71.2 Å². The second kappa shape index (κ2) is 31.1. The summed E-state index contributed by atoms with van der Waals surface area (Å²) in [7, 11) is -4.60. The molecule has 1 aliphatic heterocycles. The van der Waals surface area contributed by atoms with Crippen molar-refractivity contribution in [3.8, 4) is 0 Å². The fraction of sp³-hybridized carbons (Fsp3) is 0.800. The van der Waals surface area contributed by atoms with Crippen LogP contribution in [0.2, 0.25) is 0 Å². The van der Waals surface area contributed by atoms with Gasteiger partial charge in [0.2, 0.25) is 0 Å². The monoisotopic (exact) mass is 774 g/mol. The smallest absolute Gasteiger partial charge is 0.306 e. The summed E-state index contributed by atoms with van der Waals surface area (Å²) < 4.78 is 53.8. The topological polar surface area (TPSA) is 186 Å². The van der Waals surface area contributed by atoms with Crippen LogP contribution in [-0.4, -0.2) is 96.0 Å². The minimum Gasteiger partial charge on any atom is -0.462 e. The summed E-state index contributed by atoms with van der Waals surface area (Å²) in [6.45, 7) is 3.63. The van der Waals surface area contributed by atoms with Crippen LogP contribution in [0.1, 0.15) is 149 Å². The van der Waals surface area contributed by atoms with Crippen molar-refractivity contribution in [1.82, 2.24) is 0 Å². The summed E-state index contributed by atoms with van der Waals surface area (Å²) >= 11 is 0. The summed E-state index contributed by atoms with van der Waals surface area (Å²) in [4.78, 5) is 25.2. The molecule has 0 amide bonds. The first-order chi connectivity index (χ1) is 25.5. The van der Waals surface area contributed by atoms with Crippen LogP contribution in [-0.2, 0) is 38.7 Å². The fourth-order valence-corrected chi connectivity index (χ4v) is 6.42. The molecular weight excluding hydrogens is 704 g/mol. The predicted molar refractivity (Wildman–Crippen MR) is 206 cm³/mol. The van der Waals surface area contributed by atoms with Crippen molar-refractivity contribution in [2.45, 2.75) is 185 Å². The highest BCUT2D eigenvalue weighted by atomic mass is 32.2. The molecule has 13 heteroatoms. The third-order valence-corrected chi connectivity index (χ3v) is 9.69. The molecule has 4 N–H and O–H groups in total. The van der Waals surface area contributed by atoms with Gasteiger partial charge in [-0.1, -0.05) is 115 Å². The molecule has 0 bridgehead atoms. The average Bonchev–Trinajstić information content (AvgIpc) is 3.12. The van der Waals surface area contributed by atoms with Crippen molar-refractivity contribution in [2.75, 3.05) is 19.0 Å². The molecule has 53 heavy (non-hydrogen) atoms. The van der Waals surface area contributed by atoms with E-state index in [9.17, 15) is 37.9 Å². The van der Waals surface area contributed by atoms with E-state index in [-0.39, 0.29) is 19.4 Å². The van der Waals surface area contributed by atoms with Crippen molar-refractivity contribution in [1.29, 1.82) is 0 Å². The van der Waals surface area contributed by atoms with Gasteiger partial charge in [0.1, 0.15) is 36.8 Å². The Kier molecular flexibility index (Phi) is 28.7. The minimum absolute atomic E-state index is 0.146. The van der Waals surface area contributed by atoms with E-state index in [1.807, 2.05) is 0 Å². The lowest BCUT2D eigenvalue weighted by molar-refractivity contribution is -0.297. The second-order valence-corrected chi connectivity index (χ2v) is 15.4. The molecule has 1 fully saturated rings. The number of carbonyl (C=O) groups is 2. The van der Waals surface area contributed by atoms with Gasteiger partial charge in [-0.25, -0.2) is 0 Å². The van der Waals surface area contributed by atoms with E-state index in [1.165, 1.54) is 25.7 Å². The molecule has 0 saturated carbocycles. The van der Waals surface area contributed by atoms with E-state index in [0.717, 1.165) is 83.5 Å². The number of rotatable bonds is 32. The van der Waals surface area contributed by atoms with Gasteiger partial charge in [-0.3, -0.25) is 14.1 Å². The third kappa shape index (κ3) is 26.3. The van der Waals surface area contributed by atoms with Crippen molar-refractivity contribution in [3.05, 3.63) is 36.5 Å². The lowest BCUT2D eigenvalue weighted by Crippen LogP contribution is -2.60. The van der Waals surface area contributed by atoms with Gasteiger partial charge in [0.05, 0.1) is 6.61 Å². The van der Waals surface area contributed by atoms with E-state index in [1.54, 1.807) is 0 Å². The molecule has 0 spiro atoms. The summed E-state index contributed by atoms with van der Waals surface area (Å²) in [5, 5.41) is 30.8. The minimum atomic E-state index is -4.60. The van der Waals surface area contributed by atoms with Crippen LogP contribution in [0.25, 0.3) is 0 Å². The highest BCUT2D eigenvalue weighted by molar-refractivity contribution is 7.85. The maximum absolute atomic E-state index is 12.7. The van der Waals surface area contributed by atoms with Gasteiger partial charge in [0.15, 0.2) is 12.4 Å². The number of hydrogen-bond donors (Lipinski definition) is 4. The normalized spacial score (nSPS) is 21.5. The lowest BCUT2D eigenvalue weighted by atomic mass is 10.00. The molecule has 0 radical (unpaired) electrons. The molecule has 0 aromatic heterocycles. The zero-order valence-corrected chi connectivity index (χ0v) is 33.2. The summed E-state index contributed by atoms with van der Waals surface area (Å²) in [5.74, 6) is -2.02. The van der Waals surface area contributed by atoms with Crippen molar-refractivity contribution in [2.24, 2.45) is 0 Å². The SMILES string of the molecule is CCCC/C=C\C/C=C\CCCCCCCC(=O)OC(COC(=O)CCCCCCC/C=C\CCCC)COC1OC(CS(=O)(=O)O)C(O)C(O)C1O. The Morgan fingerprint density at radius 1 is 0.642 bits per heavy atom. The van der Waals surface area contributed by atoms with Crippen LogP contribution in [0.5, 0.6) is 0 Å². The first kappa shape index (κ1) is 48.9. The Morgan fingerprint density at radius 2 is 1.13 bits per heavy atom. The maximum Gasteiger partial charge on any atom is 0.306 e. The van der Waals surface area contributed by atoms with Crippen LogP contribution < -0.4 is 0 Å². The van der Waals surface area contributed by atoms with Crippen molar-refractivity contribution in [3.63, 3.8) is 0 Å². The maximum atomic E-state index is 12.7. The van der Waals surface area contributed by atoms with Crippen LogP contribution in [0.15, 0.2) is 36.5 Å². The van der Waals surface area contributed by atoms with Gasteiger partial charge < -0.3 is 34.3 Å². The van der Waals surface area contributed by atoms with Crippen molar-refractivity contribution >= 4 is 22.1 Å². The second-order valence-electron chi connectivity index (χ2n) is 13.9. The van der Waals surface area contributed by atoms with Crippen molar-refractivity contribution < 1.29 is 56.8 Å². The molecule has 6 atom stereocenters. The molecule has 0 aromatic carbocycles. The molecule has 12 nitrogen and oxygen atoms in total. The molecule has 1 aliphatic rings. The Morgan fingerprint density at radius 3 is 1.68 bits per heavy atom. The highest BCUT2D eigenvalue weighted by Gasteiger charge is 2.46.